The van der Waals surface area contributed by atoms with Crippen LogP contribution < -0.4 is 20.7 Å². The first-order valence-electron chi connectivity index (χ1n) is 11.3. The lowest BCUT2D eigenvalue weighted by Crippen LogP contribution is -2.28. The van der Waals surface area contributed by atoms with Crippen molar-refractivity contribution in [1.29, 1.82) is 0 Å². The minimum absolute atomic E-state index is 0.0104. The van der Waals surface area contributed by atoms with E-state index in [0.717, 1.165) is 32.5 Å². The Balaban J connectivity index is 1.63. The van der Waals surface area contributed by atoms with E-state index in [4.69, 9.17) is 9.47 Å². The molecule has 35 heavy (non-hydrogen) atoms. The summed E-state index contributed by atoms with van der Waals surface area (Å²) in [6.45, 7) is 1.96. The second kappa shape index (κ2) is 10.5. The zero-order valence-electron chi connectivity index (χ0n) is 19.9. The number of hydrogen-bond acceptors (Lipinski definition) is 10. The zero-order chi connectivity index (χ0) is 25.0. The molecule has 2 aliphatic rings. The van der Waals surface area contributed by atoms with Gasteiger partial charge in [-0.25, -0.2) is 13.6 Å². The van der Waals surface area contributed by atoms with Crippen LogP contribution in [0, 0.1) is 11.8 Å². The van der Waals surface area contributed by atoms with Crippen molar-refractivity contribution in [2.24, 2.45) is 16.2 Å². The molecule has 3 N–H and O–H groups in total. The fourth-order valence-electron chi connectivity index (χ4n) is 3.32. The molecule has 188 valence electrons. The maximum absolute atomic E-state index is 13.2. The highest BCUT2D eigenvalue weighted by atomic mass is 32.2. The molecule has 12 nitrogen and oxygen atoms in total. The monoisotopic (exact) mass is 503 g/mol. The Morgan fingerprint density at radius 3 is 2.66 bits per heavy atom. The van der Waals surface area contributed by atoms with Crippen LogP contribution in [0.3, 0.4) is 0 Å². The number of ether oxygens (including phenoxy) is 2. The molecule has 1 saturated heterocycles. The van der Waals surface area contributed by atoms with Crippen LogP contribution in [-0.2, 0) is 19.3 Å². The highest BCUT2D eigenvalue weighted by molar-refractivity contribution is 7.93. The molecule has 1 atom stereocenters. The molecule has 2 aromatic heterocycles. The summed E-state index contributed by atoms with van der Waals surface area (Å²) in [4.78, 5) is 29.3. The maximum atomic E-state index is 13.2. The molecule has 0 bridgehead atoms. The second-order valence-corrected chi connectivity index (χ2v) is 10.9. The number of carbonyl (C=O) groups excluding carboxylic acids is 2. The smallest absolute Gasteiger partial charge is 0.273 e. The van der Waals surface area contributed by atoms with Gasteiger partial charge >= 0.3 is 0 Å². The van der Waals surface area contributed by atoms with E-state index < -0.39 is 15.6 Å². The summed E-state index contributed by atoms with van der Waals surface area (Å²) in [6.07, 6.45) is 5.53. The van der Waals surface area contributed by atoms with Crippen molar-refractivity contribution in [3.63, 3.8) is 0 Å². The minimum atomic E-state index is -2.83. The largest absolute Gasteiger partial charge is 0.492 e. The summed E-state index contributed by atoms with van der Waals surface area (Å²) >= 11 is 0. The number of pyridine rings is 1. The fourth-order valence-corrected chi connectivity index (χ4v) is 4.31. The number of amides is 2. The Morgan fingerprint density at radius 2 is 2.03 bits per heavy atom. The molecule has 3 heterocycles. The minimum Gasteiger partial charge on any atom is -0.492 e. The summed E-state index contributed by atoms with van der Waals surface area (Å²) in [5.74, 6) is 0.700. The molecular weight excluding hydrogens is 474 g/mol. The van der Waals surface area contributed by atoms with Crippen LogP contribution in [0.15, 0.2) is 27.6 Å². The summed E-state index contributed by atoms with van der Waals surface area (Å²) in [5.41, 5.74) is 0.230. The molecule has 2 amide bonds. The first-order valence-corrected chi connectivity index (χ1v) is 13.2. The predicted molar refractivity (Wildman–Crippen MR) is 129 cm³/mol. The molecule has 1 aliphatic carbocycles. The van der Waals surface area contributed by atoms with Gasteiger partial charge in [0.15, 0.2) is 11.5 Å². The first-order chi connectivity index (χ1) is 16.8. The van der Waals surface area contributed by atoms with Crippen molar-refractivity contribution in [2.75, 3.05) is 50.8 Å². The third-order valence-electron chi connectivity index (χ3n) is 5.77. The molecule has 1 saturated carbocycles. The van der Waals surface area contributed by atoms with Crippen molar-refractivity contribution >= 4 is 38.9 Å². The number of nitrogens with one attached hydrogen (secondary N) is 3. The molecule has 13 heteroatoms. The summed E-state index contributed by atoms with van der Waals surface area (Å²) in [7, 11) is 0.0998. The van der Waals surface area contributed by atoms with Crippen molar-refractivity contribution in [3.05, 3.63) is 24.0 Å². The Bertz CT molecular complexity index is 1240. The number of carbonyl (C=O) groups is 2. The van der Waals surface area contributed by atoms with Crippen LogP contribution in [0.4, 0.5) is 17.3 Å². The van der Waals surface area contributed by atoms with Gasteiger partial charge in [0.05, 0.1) is 46.3 Å². The number of anilines is 3. The average molecular weight is 504 g/mol. The van der Waals surface area contributed by atoms with Crippen LogP contribution >= 0.6 is 0 Å². The molecule has 2 aromatic rings. The van der Waals surface area contributed by atoms with E-state index in [1.165, 1.54) is 32.6 Å². The molecule has 2 fully saturated rings. The van der Waals surface area contributed by atoms with Gasteiger partial charge < -0.3 is 25.4 Å². The van der Waals surface area contributed by atoms with Crippen LogP contribution in [0.25, 0.3) is 0 Å². The van der Waals surface area contributed by atoms with E-state index in [1.807, 2.05) is 0 Å². The Labute approximate surface area is 203 Å². The molecule has 0 aromatic carbocycles. The van der Waals surface area contributed by atoms with Gasteiger partial charge in [-0.2, -0.15) is 0 Å². The summed E-state index contributed by atoms with van der Waals surface area (Å²) < 4.78 is 28.3. The van der Waals surface area contributed by atoms with Crippen LogP contribution in [0.5, 0.6) is 5.75 Å². The molecule has 1 unspecified atom stereocenters. The van der Waals surface area contributed by atoms with Gasteiger partial charge in [-0.15, -0.1) is 10.2 Å². The lowest BCUT2D eigenvalue weighted by atomic mass is 10.1. The number of aromatic nitrogens is 3. The maximum Gasteiger partial charge on any atom is 0.273 e. The standard InChI is InChI=1S/C22H29N7O5S/c1-23-22(31)19-16(9-18(28-29-19)27-21(30)14-4-5-14)26-20-17(35(3,32)24-2)8-15(10-25-20)34-7-6-13-11-33-12-13/h8-10,13-14H,4-7,11-12H2,1-3H3,(H,23,31)(H2,25,26,27,28,30). The normalized spacial score (nSPS) is 17.0. The summed E-state index contributed by atoms with van der Waals surface area (Å²) in [5, 5.41) is 16.2. The topological polar surface area (TPSA) is 157 Å². The Kier molecular flexibility index (Phi) is 7.45. The quantitative estimate of drug-likeness (QED) is 0.440. The highest BCUT2D eigenvalue weighted by Gasteiger charge is 2.30. The number of rotatable bonds is 10. The van der Waals surface area contributed by atoms with Gasteiger partial charge in [0.25, 0.3) is 5.91 Å². The van der Waals surface area contributed by atoms with Crippen molar-refractivity contribution in [2.45, 2.75) is 24.2 Å². The van der Waals surface area contributed by atoms with Crippen LogP contribution in [-0.4, -0.2) is 71.4 Å². The van der Waals surface area contributed by atoms with Gasteiger partial charge in [0.2, 0.25) is 5.91 Å². The van der Waals surface area contributed by atoms with Crippen LogP contribution in [0.1, 0.15) is 29.8 Å². The Morgan fingerprint density at radius 1 is 1.26 bits per heavy atom. The number of hydrogen-bond donors (Lipinski definition) is 3. The van der Waals surface area contributed by atoms with Crippen molar-refractivity contribution in [3.8, 4) is 5.75 Å². The van der Waals surface area contributed by atoms with E-state index >= 15 is 0 Å². The third kappa shape index (κ3) is 6.03. The summed E-state index contributed by atoms with van der Waals surface area (Å²) in [6, 6.07) is 3.13. The van der Waals surface area contributed by atoms with Gasteiger partial charge in [-0.1, -0.05) is 0 Å². The van der Waals surface area contributed by atoms with Gasteiger partial charge in [0, 0.05) is 44.3 Å². The lowest BCUT2D eigenvalue weighted by molar-refractivity contribution is -0.117. The SMILES string of the molecule is CN=S(C)(=O)c1cc(OCCC2COC2)cnc1Nc1cc(NC(=O)C2CC2)nnc1C(=O)NC. The molecule has 1 aliphatic heterocycles. The first kappa shape index (κ1) is 24.8. The lowest BCUT2D eigenvalue weighted by Gasteiger charge is -2.25. The highest BCUT2D eigenvalue weighted by Crippen LogP contribution is 2.32. The molecular formula is C22H29N7O5S. The van der Waals surface area contributed by atoms with Crippen LogP contribution in [0.2, 0.25) is 0 Å². The van der Waals surface area contributed by atoms with E-state index in [2.05, 4.69) is 35.5 Å². The average Bonchev–Trinajstić information content (AvgIpc) is 3.67. The van der Waals surface area contributed by atoms with Gasteiger partial charge in [-0.05, 0) is 19.3 Å². The van der Waals surface area contributed by atoms with E-state index in [-0.39, 0.29) is 34.8 Å². The fraction of sp³-hybridized carbons (Fsp3) is 0.500. The van der Waals surface area contributed by atoms with Gasteiger partial charge in [-0.3, -0.25) is 9.59 Å². The van der Waals surface area contributed by atoms with E-state index in [9.17, 15) is 13.8 Å². The molecule has 0 spiro atoms. The second-order valence-electron chi connectivity index (χ2n) is 8.50. The zero-order valence-corrected chi connectivity index (χ0v) is 20.7. The third-order valence-corrected chi connectivity index (χ3v) is 7.60. The molecule has 0 radical (unpaired) electrons. The number of nitrogens with zero attached hydrogens (tertiary/aromatic N) is 4. The van der Waals surface area contributed by atoms with Crippen molar-refractivity contribution < 1.29 is 23.3 Å². The van der Waals surface area contributed by atoms with E-state index in [0.29, 0.717) is 23.2 Å². The van der Waals surface area contributed by atoms with Gasteiger partial charge in [0.1, 0.15) is 11.6 Å². The predicted octanol–water partition coefficient (Wildman–Crippen LogP) is 1.83. The van der Waals surface area contributed by atoms with Crippen molar-refractivity contribution in [1.82, 2.24) is 20.5 Å². The molecule has 4 rings (SSSR count). The Hall–Kier alpha value is -3.32. The van der Waals surface area contributed by atoms with E-state index in [1.54, 1.807) is 6.07 Å².